The van der Waals surface area contributed by atoms with Gasteiger partial charge in [0.15, 0.2) is 0 Å². The predicted octanol–water partition coefficient (Wildman–Crippen LogP) is 2.14. The fourth-order valence-electron chi connectivity index (χ4n) is 3.29. The Bertz CT molecular complexity index is 761. The van der Waals surface area contributed by atoms with E-state index < -0.39 is 0 Å². The minimum atomic E-state index is -0.345. The summed E-state index contributed by atoms with van der Waals surface area (Å²) in [7, 11) is 3.18. The lowest BCUT2D eigenvalue weighted by atomic mass is 10.0. The lowest BCUT2D eigenvalue weighted by molar-refractivity contribution is -0.141. The second kappa shape index (κ2) is 5.48. The molecule has 116 valence electrons. The quantitative estimate of drug-likeness (QED) is 0.799. The first-order valence-electron chi connectivity index (χ1n) is 7.47. The van der Waals surface area contributed by atoms with Crippen molar-refractivity contribution in [2.45, 2.75) is 26.3 Å². The van der Waals surface area contributed by atoms with Crippen LogP contribution in [0.1, 0.15) is 28.0 Å². The van der Waals surface area contributed by atoms with Crippen molar-refractivity contribution in [1.82, 2.24) is 9.47 Å². The second-order valence-corrected chi connectivity index (χ2v) is 5.79. The highest BCUT2D eigenvalue weighted by Crippen LogP contribution is 2.32. The number of carbonyl (C=O) groups is 2. The summed E-state index contributed by atoms with van der Waals surface area (Å²) in [6.45, 7) is 2.80. The Balaban J connectivity index is 2.32. The third kappa shape index (κ3) is 2.17. The normalized spacial score (nSPS) is 14.9. The molecule has 2 heterocycles. The number of para-hydroxylation sites is 1. The van der Waals surface area contributed by atoms with Crippen LogP contribution in [0.4, 0.5) is 0 Å². The van der Waals surface area contributed by atoms with Crippen molar-refractivity contribution in [3.8, 4) is 0 Å². The second-order valence-electron chi connectivity index (χ2n) is 5.79. The fourth-order valence-corrected chi connectivity index (χ4v) is 3.29. The Morgan fingerprint density at radius 1 is 1.36 bits per heavy atom. The van der Waals surface area contributed by atoms with E-state index in [1.807, 2.05) is 36.7 Å². The molecule has 1 aromatic carbocycles. The van der Waals surface area contributed by atoms with Gasteiger partial charge in [-0.2, -0.15) is 0 Å². The fraction of sp³-hybridized carbons (Fsp3) is 0.412. The molecule has 0 spiro atoms. The first-order chi connectivity index (χ1) is 10.5. The molecule has 3 rings (SSSR count). The van der Waals surface area contributed by atoms with Gasteiger partial charge in [0.1, 0.15) is 12.2 Å². The third-order valence-corrected chi connectivity index (χ3v) is 4.37. The first kappa shape index (κ1) is 14.6. The zero-order chi connectivity index (χ0) is 15.9. The van der Waals surface area contributed by atoms with Crippen LogP contribution in [0.3, 0.4) is 0 Å². The minimum absolute atomic E-state index is 0.0213. The SMILES string of the molecule is COC(=O)Cn1c2c(c3cccc(C)c31)CCCN(C)C2=O. The number of amides is 1. The maximum absolute atomic E-state index is 12.8. The number of carbonyl (C=O) groups excluding carboxylic acids is 2. The largest absolute Gasteiger partial charge is 0.468 e. The third-order valence-electron chi connectivity index (χ3n) is 4.37. The Morgan fingerprint density at radius 2 is 2.14 bits per heavy atom. The molecule has 22 heavy (non-hydrogen) atoms. The van der Waals surface area contributed by atoms with Gasteiger partial charge >= 0.3 is 5.97 Å². The summed E-state index contributed by atoms with van der Waals surface area (Å²) in [4.78, 5) is 26.3. The Morgan fingerprint density at radius 3 is 2.86 bits per heavy atom. The number of rotatable bonds is 2. The molecular weight excluding hydrogens is 280 g/mol. The first-order valence-corrected chi connectivity index (χ1v) is 7.47. The van der Waals surface area contributed by atoms with Gasteiger partial charge in [-0.3, -0.25) is 9.59 Å². The molecule has 0 atom stereocenters. The molecule has 0 fully saturated rings. The van der Waals surface area contributed by atoms with Crippen LogP contribution >= 0.6 is 0 Å². The molecule has 1 aliphatic heterocycles. The van der Waals surface area contributed by atoms with Gasteiger partial charge in [0.2, 0.25) is 0 Å². The van der Waals surface area contributed by atoms with Crippen LogP contribution in [0.25, 0.3) is 10.9 Å². The van der Waals surface area contributed by atoms with E-state index >= 15 is 0 Å². The van der Waals surface area contributed by atoms with Crippen LogP contribution in [-0.2, 0) is 22.5 Å². The summed E-state index contributed by atoms with van der Waals surface area (Å²) >= 11 is 0. The lowest BCUT2D eigenvalue weighted by Gasteiger charge is -2.16. The zero-order valence-electron chi connectivity index (χ0n) is 13.2. The molecule has 0 N–H and O–H groups in total. The zero-order valence-corrected chi connectivity index (χ0v) is 13.2. The number of hydrogen-bond acceptors (Lipinski definition) is 3. The number of ether oxygens (including phenoxy) is 1. The smallest absolute Gasteiger partial charge is 0.325 e. The number of nitrogens with zero attached hydrogens (tertiary/aromatic N) is 2. The number of esters is 1. The molecule has 2 aromatic rings. The van der Waals surface area contributed by atoms with Crippen LogP contribution in [0.5, 0.6) is 0 Å². The van der Waals surface area contributed by atoms with E-state index in [4.69, 9.17) is 4.74 Å². The van der Waals surface area contributed by atoms with Crippen LogP contribution < -0.4 is 0 Å². The van der Waals surface area contributed by atoms with Crippen molar-refractivity contribution in [3.05, 3.63) is 35.0 Å². The van der Waals surface area contributed by atoms with Crippen LogP contribution in [-0.4, -0.2) is 42.0 Å². The van der Waals surface area contributed by atoms with Gasteiger partial charge in [-0.15, -0.1) is 0 Å². The Labute approximate surface area is 129 Å². The van der Waals surface area contributed by atoms with Gasteiger partial charge in [-0.05, 0) is 30.9 Å². The van der Waals surface area contributed by atoms with Crippen molar-refractivity contribution in [3.63, 3.8) is 0 Å². The van der Waals surface area contributed by atoms with E-state index in [1.165, 1.54) is 7.11 Å². The number of benzene rings is 1. The van der Waals surface area contributed by atoms with Crippen molar-refractivity contribution >= 4 is 22.8 Å². The van der Waals surface area contributed by atoms with E-state index in [9.17, 15) is 9.59 Å². The standard InChI is InChI=1S/C17H20N2O3/c1-11-6-4-7-12-13-8-5-9-18(2)17(21)16(13)19(15(11)12)10-14(20)22-3/h4,6-7H,5,8-10H2,1-3H3. The molecule has 1 aliphatic rings. The highest BCUT2D eigenvalue weighted by Gasteiger charge is 2.28. The van der Waals surface area contributed by atoms with Crippen LogP contribution in [0.2, 0.25) is 0 Å². The molecule has 1 aromatic heterocycles. The van der Waals surface area contributed by atoms with Crippen molar-refractivity contribution in [2.24, 2.45) is 0 Å². The molecule has 0 saturated heterocycles. The van der Waals surface area contributed by atoms with Gasteiger partial charge < -0.3 is 14.2 Å². The molecule has 0 radical (unpaired) electrons. The van der Waals surface area contributed by atoms with Gasteiger partial charge in [0, 0.05) is 19.0 Å². The highest BCUT2D eigenvalue weighted by atomic mass is 16.5. The van der Waals surface area contributed by atoms with Crippen molar-refractivity contribution in [2.75, 3.05) is 20.7 Å². The number of fused-ring (bicyclic) bond motifs is 3. The van der Waals surface area contributed by atoms with Crippen LogP contribution in [0.15, 0.2) is 18.2 Å². The van der Waals surface area contributed by atoms with E-state index in [2.05, 4.69) is 0 Å². The van der Waals surface area contributed by atoms with Gasteiger partial charge in [-0.1, -0.05) is 18.2 Å². The van der Waals surface area contributed by atoms with Gasteiger partial charge in [-0.25, -0.2) is 0 Å². The molecular formula is C17H20N2O3. The summed E-state index contributed by atoms with van der Waals surface area (Å²) in [5, 5.41) is 1.07. The Hall–Kier alpha value is -2.30. The molecule has 0 saturated carbocycles. The average molecular weight is 300 g/mol. The van der Waals surface area contributed by atoms with Gasteiger partial charge in [0.05, 0.1) is 12.6 Å². The maximum atomic E-state index is 12.8. The summed E-state index contributed by atoms with van der Waals surface area (Å²) < 4.78 is 6.64. The molecule has 0 bridgehead atoms. The summed E-state index contributed by atoms with van der Waals surface area (Å²) in [5.41, 5.74) is 3.71. The topological polar surface area (TPSA) is 51.5 Å². The molecule has 0 aliphatic carbocycles. The van der Waals surface area contributed by atoms with Crippen molar-refractivity contribution in [1.29, 1.82) is 0 Å². The number of hydrogen-bond donors (Lipinski definition) is 0. The van der Waals surface area contributed by atoms with E-state index in [0.29, 0.717) is 5.69 Å². The lowest BCUT2D eigenvalue weighted by Crippen LogP contribution is -2.29. The monoisotopic (exact) mass is 300 g/mol. The molecule has 0 unspecified atom stereocenters. The predicted molar refractivity (Wildman–Crippen MR) is 84.0 cm³/mol. The molecule has 5 nitrogen and oxygen atoms in total. The van der Waals surface area contributed by atoms with Gasteiger partial charge in [0.25, 0.3) is 5.91 Å². The maximum Gasteiger partial charge on any atom is 0.325 e. The van der Waals surface area contributed by atoms with E-state index in [0.717, 1.165) is 41.4 Å². The summed E-state index contributed by atoms with van der Waals surface area (Å²) in [6.07, 6.45) is 1.78. The number of aryl methyl sites for hydroxylation is 2. The van der Waals surface area contributed by atoms with Crippen molar-refractivity contribution < 1.29 is 14.3 Å². The molecule has 5 heteroatoms. The van der Waals surface area contributed by atoms with Crippen LogP contribution in [0, 0.1) is 6.92 Å². The summed E-state index contributed by atoms with van der Waals surface area (Å²) in [6, 6.07) is 6.04. The Kier molecular flexibility index (Phi) is 3.64. The highest BCUT2D eigenvalue weighted by molar-refractivity contribution is 6.03. The number of aromatic nitrogens is 1. The molecule has 1 amide bonds. The van der Waals surface area contributed by atoms with E-state index in [-0.39, 0.29) is 18.4 Å². The number of methoxy groups -OCH3 is 1. The summed E-state index contributed by atoms with van der Waals surface area (Å²) in [5.74, 6) is -0.366. The van der Waals surface area contributed by atoms with E-state index in [1.54, 1.807) is 4.90 Å². The minimum Gasteiger partial charge on any atom is -0.468 e. The average Bonchev–Trinajstić information content (AvgIpc) is 2.72.